The average molecular weight is 245 g/mol. The van der Waals surface area contributed by atoms with Gasteiger partial charge in [-0.2, -0.15) is 0 Å². The van der Waals surface area contributed by atoms with Crippen LogP contribution in [0.2, 0.25) is 0 Å². The fraction of sp³-hybridized carbons (Fsp3) is 0. The number of hydrogen-bond acceptors (Lipinski definition) is 4. The lowest BCUT2D eigenvalue weighted by molar-refractivity contribution is 0.112. The highest BCUT2D eigenvalue weighted by molar-refractivity contribution is 7.10. The minimum atomic E-state index is 0.563. The van der Waals surface area contributed by atoms with Gasteiger partial charge in [0.15, 0.2) is 17.6 Å². The molecule has 1 atom stereocenters. The summed E-state index contributed by atoms with van der Waals surface area (Å²) in [5.41, 5.74) is 1.82. The summed E-state index contributed by atoms with van der Waals surface area (Å²) in [7, 11) is 2.17. The van der Waals surface area contributed by atoms with Crippen molar-refractivity contribution in [2.75, 3.05) is 0 Å². The minimum absolute atomic E-state index is 0.563. The van der Waals surface area contributed by atoms with Crippen molar-refractivity contribution in [2.45, 2.75) is 0 Å². The molecule has 0 aliphatic heterocycles. The summed E-state index contributed by atoms with van der Waals surface area (Å²) in [5, 5.41) is 1.55. The minimum Gasteiger partial charge on any atom is -0.476 e. The molecule has 1 aromatic carbocycles. The molecule has 3 rings (SSSR count). The summed E-state index contributed by atoms with van der Waals surface area (Å²) >= 11 is 0. The van der Waals surface area contributed by atoms with Crippen molar-refractivity contribution in [1.29, 1.82) is 0 Å². The maximum atomic E-state index is 11.1. The van der Waals surface area contributed by atoms with Crippen LogP contribution < -0.4 is 4.52 Å². The van der Waals surface area contributed by atoms with Crippen LogP contribution in [-0.2, 0) is 0 Å². The molecule has 0 amide bonds. The maximum Gasteiger partial charge on any atom is 0.178 e. The molecule has 0 aliphatic rings. The summed E-state index contributed by atoms with van der Waals surface area (Å²) in [6.45, 7) is 0. The number of pyridine rings is 1. The predicted octanol–water partition coefficient (Wildman–Crippen LogP) is 2.96. The second kappa shape index (κ2) is 3.82. The molecule has 2 aromatic heterocycles. The summed E-state index contributed by atoms with van der Waals surface area (Å²) < 4.78 is 10.8. The van der Waals surface area contributed by atoms with Crippen LogP contribution in [0.5, 0.6) is 5.75 Å². The maximum absolute atomic E-state index is 11.1. The van der Waals surface area contributed by atoms with E-state index in [1.54, 1.807) is 30.6 Å². The third kappa shape index (κ3) is 1.41. The molecule has 0 spiro atoms. The van der Waals surface area contributed by atoms with Crippen molar-refractivity contribution in [3.8, 4) is 5.75 Å². The molecule has 4 nitrogen and oxygen atoms in total. The number of fused-ring (bicyclic) bond motifs is 3. The van der Waals surface area contributed by atoms with Crippen molar-refractivity contribution < 1.29 is 13.7 Å². The number of carbonyl (C=O) groups is 1. The zero-order valence-corrected chi connectivity index (χ0v) is 9.87. The van der Waals surface area contributed by atoms with E-state index in [0.29, 0.717) is 22.5 Å². The lowest BCUT2D eigenvalue weighted by Gasteiger charge is -2.00. The van der Waals surface area contributed by atoms with E-state index in [1.807, 2.05) is 0 Å². The quantitative estimate of drug-likeness (QED) is 0.514. The fourth-order valence-electron chi connectivity index (χ4n) is 1.92. The van der Waals surface area contributed by atoms with Crippen molar-refractivity contribution in [3.05, 3.63) is 36.2 Å². The molecule has 0 aliphatic carbocycles. The SMILES string of the molecule is O=Cc1ccc(OP)c2oc3ccncc3c12. The first kappa shape index (κ1) is 10.2. The smallest absolute Gasteiger partial charge is 0.178 e. The van der Waals surface area contributed by atoms with E-state index < -0.39 is 0 Å². The molecule has 5 heteroatoms. The van der Waals surface area contributed by atoms with Gasteiger partial charge < -0.3 is 8.94 Å². The first-order valence-corrected chi connectivity index (χ1v) is 5.43. The molecule has 3 aromatic rings. The Bertz CT molecular complexity index is 720. The molecule has 0 N–H and O–H groups in total. The standard InChI is InChI=1S/C12H8NO3P/c14-6-7-1-2-10(16-17)12-11(7)8-5-13-4-3-9(8)15-12/h1-6H,17H2. The number of benzene rings is 1. The Hall–Kier alpha value is -1.93. The van der Waals surface area contributed by atoms with Crippen LogP contribution in [0, 0.1) is 0 Å². The number of hydrogen-bond donors (Lipinski definition) is 0. The number of aromatic nitrogens is 1. The van der Waals surface area contributed by atoms with Gasteiger partial charge in [0.05, 0.1) is 9.47 Å². The van der Waals surface area contributed by atoms with E-state index in [1.165, 1.54) is 0 Å². The number of aldehydes is 1. The van der Waals surface area contributed by atoms with Gasteiger partial charge in [0.1, 0.15) is 5.58 Å². The van der Waals surface area contributed by atoms with Crippen molar-refractivity contribution in [3.63, 3.8) is 0 Å². The Morgan fingerprint density at radius 3 is 3.00 bits per heavy atom. The molecule has 0 fully saturated rings. The third-order valence-electron chi connectivity index (χ3n) is 2.67. The van der Waals surface area contributed by atoms with Crippen molar-refractivity contribution in [2.24, 2.45) is 0 Å². The molecule has 1 unspecified atom stereocenters. The highest BCUT2D eigenvalue weighted by atomic mass is 31.0. The first-order valence-electron chi connectivity index (χ1n) is 4.96. The molecule has 0 bridgehead atoms. The number of furan rings is 1. The second-order valence-electron chi connectivity index (χ2n) is 3.57. The average Bonchev–Trinajstić information content (AvgIpc) is 2.77. The lowest BCUT2D eigenvalue weighted by Crippen LogP contribution is -1.83. The van der Waals surface area contributed by atoms with Gasteiger partial charge in [0.25, 0.3) is 0 Å². The molecule has 0 radical (unpaired) electrons. The highest BCUT2D eigenvalue weighted by Crippen LogP contribution is 2.36. The largest absolute Gasteiger partial charge is 0.476 e. The van der Waals surface area contributed by atoms with E-state index in [9.17, 15) is 4.79 Å². The van der Waals surface area contributed by atoms with Gasteiger partial charge in [-0.3, -0.25) is 9.78 Å². The van der Waals surface area contributed by atoms with Gasteiger partial charge in [-0.1, -0.05) is 0 Å². The second-order valence-corrected chi connectivity index (χ2v) is 3.80. The zero-order chi connectivity index (χ0) is 11.8. The molecule has 17 heavy (non-hydrogen) atoms. The molecule has 2 heterocycles. The summed E-state index contributed by atoms with van der Waals surface area (Å²) in [5.74, 6) is 0.576. The first-order chi connectivity index (χ1) is 8.35. The van der Waals surface area contributed by atoms with Crippen molar-refractivity contribution >= 4 is 37.7 Å². The van der Waals surface area contributed by atoms with Gasteiger partial charge in [-0.15, -0.1) is 0 Å². The molecule has 0 saturated carbocycles. The number of carbonyl (C=O) groups excluding carboxylic acids is 1. The molecular formula is C12H8NO3P. The van der Waals surface area contributed by atoms with Gasteiger partial charge in [0, 0.05) is 28.7 Å². The number of nitrogens with zero attached hydrogens (tertiary/aromatic N) is 1. The van der Waals surface area contributed by atoms with Crippen LogP contribution in [-0.4, -0.2) is 11.3 Å². The van der Waals surface area contributed by atoms with Crippen LogP contribution in [0.15, 0.2) is 35.0 Å². The Balaban J connectivity index is 2.57. The van der Waals surface area contributed by atoms with E-state index >= 15 is 0 Å². The van der Waals surface area contributed by atoms with Crippen molar-refractivity contribution in [1.82, 2.24) is 4.98 Å². The lowest BCUT2D eigenvalue weighted by atomic mass is 10.1. The molecule has 84 valence electrons. The van der Waals surface area contributed by atoms with E-state index in [-0.39, 0.29) is 0 Å². The molecule has 0 saturated heterocycles. The van der Waals surface area contributed by atoms with E-state index in [4.69, 9.17) is 8.94 Å². The van der Waals surface area contributed by atoms with Crippen LogP contribution in [0.3, 0.4) is 0 Å². The normalized spacial score (nSPS) is 10.9. The summed E-state index contributed by atoms with van der Waals surface area (Å²) in [6.07, 6.45) is 4.13. The van der Waals surface area contributed by atoms with Crippen LogP contribution in [0.4, 0.5) is 0 Å². The van der Waals surface area contributed by atoms with Crippen LogP contribution in [0.25, 0.3) is 21.9 Å². The summed E-state index contributed by atoms with van der Waals surface area (Å²) in [4.78, 5) is 15.1. The Morgan fingerprint density at radius 2 is 2.24 bits per heavy atom. The fourth-order valence-corrected chi connectivity index (χ4v) is 2.10. The Labute approximate surface area is 98.9 Å². The number of rotatable bonds is 2. The zero-order valence-electron chi connectivity index (χ0n) is 8.71. The van der Waals surface area contributed by atoms with Crippen LogP contribution >= 0.6 is 9.47 Å². The predicted molar refractivity (Wildman–Crippen MR) is 67.2 cm³/mol. The van der Waals surface area contributed by atoms with Gasteiger partial charge in [0.2, 0.25) is 0 Å². The summed E-state index contributed by atoms with van der Waals surface area (Å²) in [6, 6.07) is 5.17. The van der Waals surface area contributed by atoms with E-state index in [0.717, 1.165) is 17.1 Å². The van der Waals surface area contributed by atoms with E-state index in [2.05, 4.69) is 14.5 Å². The van der Waals surface area contributed by atoms with Gasteiger partial charge in [-0.25, -0.2) is 0 Å². The third-order valence-corrected chi connectivity index (χ3v) is 2.92. The topological polar surface area (TPSA) is 52.3 Å². The monoisotopic (exact) mass is 245 g/mol. The highest BCUT2D eigenvalue weighted by Gasteiger charge is 2.14. The van der Waals surface area contributed by atoms with Crippen LogP contribution in [0.1, 0.15) is 10.4 Å². The van der Waals surface area contributed by atoms with Gasteiger partial charge in [-0.05, 0) is 18.2 Å². The molecular weight excluding hydrogens is 237 g/mol. The van der Waals surface area contributed by atoms with Gasteiger partial charge >= 0.3 is 0 Å². The Kier molecular flexibility index (Phi) is 2.30. The Morgan fingerprint density at radius 1 is 1.35 bits per heavy atom.